The van der Waals surface area contributed by atoms with Crippen LogP contribution in [0.5, 0.6) is 0 Å². The van der Waals surface area contributed by atoms with E-state index in [2.05, 4.69) is 0 Å². The van der Waals surface area contributed by atoms with Gasteiger partial charge in [-0.3, -0.25) is 4.79 Å². The Hall–Kier alpha value is -1.12. The van der Waals surface area contributed by atoms with E-state index in [0.717, 1.165) is 5.56 Å². The fourth-order valence-corrected chi connectivity index (χ4v) is 2.73. The van der Waals surface area contributed by atoms with E-state index in [0.29, 0.717) is 6.42 Å². The Bertz CT molecular complexity index is 450. The summed E-state index contributed by atoms with van der Waals surface area (Å²) in [6.45, 7) is 0. The smallest absolute Gasteiger partial charge is 0.222 e. The molecule has 0 saturated carbocycles. The first-order chi connectivity index (χ1) is 7.77. The number of rotatable bonds is 4. The summed E-state index contributed by atoms with van der Waals surface area (Å²) >= 11 is 7.16. The molecular weight excluding hydrogens is 240 g/mol. The van der Waals surface area contributed by atoms with Crippen LogP contribution in [0.25, 0.3) is 0 Å². The van der Waals surface area contributed by atoms with Gasteiger partial charge in [0.2, 0.25) is 5.24 Å². The van der Waals surface area contributed by atoms with E-state index in [1.54, 1.807) is 11.3 Å². The Labute approximate surface area is 104 Å². The number of carbonyl (C=O) groups excluding carboxylic acids is 1. The van der Waals surface area contributed by atoms with E-state index in [9.17, 15) is 4.79 Å². The van der Waals surface area contributed by atoms with Crippen LogP contribution in [0.3, 0.4) is 0 Å². The molecule has 0 bridgehead atoms. The second kappa shape index (κ2) is 5.28. The molecule has 16 heavy (non-hydrogen) atoms. The molecule has 2 rings (SSSR count). The molecular formula is C13H11ClOS. The SMILES string of the molecule is O=C(Cl)CC(c1ccccc1)c1cccs1. The second-order valence-electron chi connectivity index (χ2n) is 3.54. The molecule has 0 spiro atoms. The summed E-state index contributed by atoms with van der Waals surface area (Å²) in [4.78, 5) is 12.3. The number of hydrogen-bond acceptors (Lipinski definition) is 2. The molecule has 0 saturated heterocycles. The monoisotopic (exact) mass is 250 g/mol. The quantitative estimate of drug-likeness (QED) is 0.749. The number of carbonyl (C=O) groups is 1. The van der Waals surface area contributed by atoms with E-state index in [1.165, 1.54) is 4.88 Å². The molecule has 1 atom stereocenters. The van der Waals surface area contributed by atoms with Gasteiger partial charge in [-0.15, -0.1) is 11.3 Å². The third kappa shape index (κ3) is 2.71. The van der Waals surface area contributed by atoms with E-state index >= 15 is 0 Å². The fourth-order valence-electron chi connectivity index (χ4n) is 1.72. The molecule has 0 aliphatic heterocycles. The number of benzene rings is 1. The normalized spacial score (nSPS) is 12.3. The van der Waals surface area contributed by atoms with Crippen LogP contribution in [0.15, 0.2) is 47.8 Å². The first-order valence-electron chi connectivity index (χ1n) is 5.04. The number of thiophene rings is 1. The van der Waals surface area contributed by atoms with Crippen molar-refractivity contribution in [1.29, 1.82) is 0 Å². The van der Waals surface area contributed by atoms with Crippen molar-refractivity contribution in [3.8, 4) is 0 Å². The Morgan fingerprint density at radius 1 is 1.19 bits per heavy atom. The van der Waals surface area contributed by atoms with Crippen LogP contribution in [-0.2, 0) is 4.79 Å². The molecule has 0 aliphatic carbocycles. The van der Waals surface area contributed by atoms with Gasteiger partial charge in [0.15, 0.2) is 0 Å². The van der Waals surface area contributed by atoms with Gasteiger partial charge in [-0.05, 0) is 28.6 Å². The molecule has 0 aliphatic rings. The predicted octanol–water partition coefficient (Wildman–Crippen LogP) is 4.04. The lowest BCUT2D eigenvalue weighted by Crippen LogP contribution is -2.02. The van der Waals surface area contributed by atoms with Gasteiger partial charge in [0.25, 0.3) is 0 Å². The summed E-state index contributed by atoms with van der Waals surface area (Å²) in [6.07, 6.45) is 0.353. The summed E-state index contributed by atoms with van der Waals surface area (Å²) in [5.41, 5.74) is 1.14. The van der Waals surface area contributed by atoms with Crippen molar-refractivity contribution in [3.05, 3.63) is 58.3 Å². The first-order valence-corrected chi connectivity index (χ1v) is 6.30. The highest BCUT2D eigenvalue weighted by molar-refractivity contribution is 7.10. The summed E-state index contributed by atoms with van der Waals surface area (Å²) in [6, 6.07) is 14.0. The molecule has 0 radical (unpaired) electrons. The maximum atomic E-state index is 11.1. The molecule has 1 aromatic heterocycles. The third-order valence-corrected chi connectivity index (χ3v) is 3.59. The van der Waals surface area contributed by atoms with Gasteiger partial charge < -0.3 is 0 Å². The van der Waals surface area contributed by atoms with E-state index in [-0.39, 0.29) is 11.2 Å². The highest BCUT2D eigenvalue weighted by atomic mass is 35.5. The molecule has 82 valence electrons. The highest BCUT2D eigenvalue weighted by Crippen LogP contribution is 2.31. The van der Waals surface area contributed by atoms with Gasteiger partial charge >= 0.3 is 0 Å². The molecule has 1 nitrogen and oxygen atoms in total. The lowest BCUT2D eigenvalue weighted by atomic mass is 9.95. The topological polar surface area (TPSA) is 17.1 Å². The van der Waals surface area contributed by atoms with Crippen LogP contribution in [0.4, 0.5) is 0 Å². The Morgan fingerprint density at radius 2 is 1.94 bits per heavy atom. The maximum Gasteiger partial charge on any atom is 0.222 e. The fraction of sp³-hybridized carbons (Fsp3) is 0.154. The number of hydrogen-bond donors (Lipinski definition) is 0. The molecule has 3 heteroatoms. The van der Waals surface area contributed by atoms with Crippen LogP contribution in [0.1, 0.15) is 22.8 Å². The maximum absolute atomic E-state index is 11.1. The van der Waals surface area contributed by atoms with Crippen molar-refractivity contribution in [1.82, 2.24) is 0 Å². The van der Waals surface area contributed by atoms with Gasteiger partial charge in [0.1, 0.15) is 0 Å². The van der Waals surface area contributed by atoms with Crippen molar-refractivity contribution in [2.75, 3.05) is 0 Å². The molecule has 0 fully saturated rings. The van der Waals surface area contributed by atoms with E-state index < -0.39 is 0 Å². The van der Waals surface area contributed by atoms with Gasteiger partial charge in [0.05, 0.1) is 0 Å². The average molecular weight is 251 g/mol. The zero-order valence-electron chi connectivity index (χ0n) is 8.60. The summed E-state index contributed by atoms with van der Waals surface area (Å²) < 4.78 is 0. The van der Waals surface area contributed by atoms with E-state index in [1.807, 2.05) is 47.8 Å². The van der Waals surface area contributed by atoms with Gasteiger partial charge in [-0.2, -0.15) is 0 Å². The predicted molar refractivity (Wildman–Crippen MR) is 68.1 cm³/mol. The minimum atomic E-state index is -0.290. The third-order valence-electron chi connectivity index (χ3n) is 2.45. The molecule has 2 aromatic rings. The first kappa shape index (κ1) is 11.4. The molecule has 1 heterocycles. The molecule has 0 amide bonds. The van der Waals surface area contributed by atoms with Crippen LogP contribution in [0.2, 0.25) is 0 Å². The van der Waals surface area contributed by atoms with Gasteiger partial charge in [-0.25, -0.2) is 0 Å². The lowest BCUT2D eigenvalue weighted by molar-refractivity contribution is -0.111. The van der Waals surface area contributed by atoms with Gasteiger partial charge in [0, 0.05) is 17.2 Å². The largest absolute Gasteiger partial charge is 0.281 e. The van der Waals surface area contributed by atoms with Crippen LogP contribution in [-0.4, -0.2) is 5.24 Å². The Balaban J connectivity index is 2.32. The van der Waals surface area contributed by atoms with Crippen molar-refractivity contribution < 1.29 is 4.79 Å². The van der Waals surface area contributed by atoms with Crippen molar-refractivity contribution in [3.63, 3.8) is 0 Å². The summed E-state index contributed by atoms with van der Waals surface area (Å²) in [7, 11) is 0. The Morgan fingerprint density at radius 3 is 2.50 bits per heavy atom. The van der Waals surface area contributed by atoms with E-state index in [4.69, 9.17) is 11.6 Å². The van der Waals surface area contributed by atoms with Crippen molar-refractivity contribution in [2.45, 2.75) is 12.3 Å². The van der Waals surface area contributed by atoms with Crippen LogP contribution in [0, 0.1) is 0 Å². The Kier molecular flexibility index (Phi) is 3.75. The molecule has 1 aromatic carbocycles. The molecule has 0 N–H and O–H groups in total. The standard InChI is InChI=1S/C13H11ClOS/c14-13(15)9-11(12-7-4-8-16-12)10-5-2-1-3-6-10/h1-8,11H,9H2. The minimum absolute atomic E-state index is 0.0891. The lowest BCUT2D eigenvalue weighted by Gasteiger charge is -2.13. The zero-order valence-corrected chi connectivity index (χ0v) is 10.2. The van der Waals surface area contributed by atoms with Crippen molar-refractivity contribution >= 4 is 28.2 Å². The number of halogens is 1. The second-order valence-corrected chi connectivity index (χ2v) is 4.94. The van der Waals surface area contributed by atoms with Crippen LogP contribution >= 0.6 is 22.9 Å². The highest BCUT2D eigenvalue weighted by Gasteiger charge is 2.17. The summed E-state index contributed by atoms with van der Waals surface area (Å²) in [5, 5.41) is 1.73. The van der Waals surface area contributed by atoms with Gasteiger partial charge in [-0.1, -0.05) is 36.4 Å². The van der Waals surface area contributed by atoms with Crippen molar-refractivity contribution in [2.24, 2.45) is 0 Å². The zero-order chi connectivity index (χ0) is 11.4. The minimum Gasteiger partial charge on any atom is -0.281 e. The molecule has 1 unspecified atom stereocenters. The summed E-state index contributed by atoms with van der Waals surface area (Å²) in [5.74, 6) is 0.0891. The van der Waals surface area contributed by atoms with Crippen LogP contribution < -0.4 is 0 Å². The average Bonchev–Trinajstić information content (AvgIpc) is 2.80.